The molecule has 2 atom stereocenters. The molecule has 19 heavy (non-hydrogen) atoms. The molecule has 2 N–H and O–H groups in total. The highest BCUT2D eigenvalue weighted by molar-refractivity contribution is 5.80. The average Bonchev–Trinajstić information content (AvgIpc) is 2.37. The van der Waals surface area contributed by atoms with E-state index in [4.69, 9.17) is 4.74 Å². The van der Waals surface area contributed by atoms with Gasteiger partial charge in [0.25, 0.3) is 0 Å². The average molecular weight is 270 g/mol. The normalized spacial score (nSPS) is 22.6. The first-order valence-corrected chi connectivity index (χ1v) is 7.29. The van der Waals surface area contributed by atoms with Crippen molar-refractivity contribution < 1.29 is 14.3 Å². The molecular weight excluding hydrogens is 244 g/mol. The van der Waals surface area contributed by atoms with Gasteiger partial charge >= 0.3 is 12.0 Å². The highest BCUT2D eigenvalue weighted by Crippen LogP contribution is 2.30. The lowest BCUT2D eigenvalue weighted by atomic mass is 9.81. The van der Waals surface area contributed by atoms with Crippen LogP contribution in [0.2, 0.25) is 0 Å². The van der Waals surface area contributed by atoms with Crippen molar-refractivity contribution in [2.75, 3.05) is 19.7 Å². The van der Waals surface area contributed by atoms with E-state index in [0.29, 0.717) is 13.2 Å². The molecule has 2 unspecified atom stereocenters. The molecule has 2 amide bonds. The standard InChI is InChI=1S/C14H26N2O3/c1-3-19-13(17)10-16-14(18)15-8-7-12-6-4-5-11(2)9-12/h11-12H,3-10H2,1-2H3,(H2,15,16,18). The summed E-state index contributed by atoms with van der Waals surface area (Å²) in [6.45, 7) is 4.98. The maximum absolute atomic E-state index is 11.4. The van der Waals surface area contributed by atoms with Crippen LogP contribution in [0.4, 0.5) is 4.79 Å². The molecule has 0 bridgehead atoms. The quantitative estimate of drug-likeness (QED) is 0.726. The van der Waals surface area contributed by atoms with Gasteiger partial charge in [0.2, 0.25) is 0 Å². The van der Waals surface area contributed by atoms with Gasteiger partial charge in [-0.2, -0.15) is 0 Å². The first-order chi connectivity index (χ1) is 9.11. The Morgan fingerprint density at radius 1 is 1.26 bits per heavy atom. The monoisotopic (exact) mass is 270 g/mol. The molecule has 110 valence electrons. The molecule has 1 fully saturated rings. The van der Waals surface area contributed by atoms with Gasteiger partial charge in [-0.05, 0) is 31.6 Å². The first-order valence-electron chi connectivity index (χ1n) is 7.29. The molecule has 0 aromatic rings. The van der Waals surface area contributed by atoms with Gasteiger partial charge in [-0.3, -0.25) is 4.79 Å². The third kappa shape index (κ3) is 7.03. The highest BCUT2D eigenvalue weighted by atomic mass is 16.5. The summed E-state index contributed by atoms with van der Waals surface area (Å²) in [5.41, 5.74) is 0. The summed E-state index contributed by atoms with van der Waals surface area (Å²) in [6, 6.07) is -0.295. The third-order valence-electron chi connectivity index (χ3n) is 3.58. The molecule has 1 saturated carbocycles. The number of carbonyl (C=O) groups excluding carboxylic acids is 2. The predicted molar refractivity (Wildman–Crippen MR) is 73.8 cm³/mol. The number of hydrogen-bond donors (Lipinski definition) is 2. The van der Waals surface area contributed by atoms with Crippen LogP contribution >= 0.6 is 0 Å². The van der Waals surface area contributed by atoms with Crippen molar-refractivity contribution in [3.8, 4) is 0 Å². The molecule has 0 heterocycles. The number of nitrogens with one attached hydrogen (secondary N) is 2. The Morgan fingerprint density at radius 2 is 2.05 bits per heavy atom. The summed E-state index contributed by atoms with van der Waals surface area (Å²) in [4.78, 5) is 22.5. The van der Waals surface area contributed by atoms with Gasteiger partial charge in [-0.25, -0.2) is 4.79 Å². The van der Waals surface area contributed by atoms with E-state index in [9.17, 15) is 9.59 Å². The zero-order chi connectivity index (χ0) is 14.1. The van der Waals surface area contributed by atoms with Crippen molar-refractivity contribution in [2.24, 2.45) is 11.8 Å². The van der Waals surface area contributed by atoms with E-state index < -0.39 is 5.97 Å². The number of ether oxygens (including phenoxy) is 1. The molecule has 0 spiro atoms. The van der Waals surface area contributed by atoms with Crippen LogP contribution < -0.4 is 10.6 Å². The number of amides is 2. The SMILES string of the molecule is CCOC(=O)CNC(=O)NCCC1CCCC(C)C1. The summed E-state index contributed by atoms with van der Waals surface area (Å²) in [5.74, 6) is 1.14. The van der Waals surface area contributed by atoms with Gasteiger partial charge in [-0.1, -0.05) is 26.2 Å². The van der Waals surface area contributed by atoms with Crippen molar-refractivity contribution in [3.63, 3.8) is 0 Å². The van der Waals surface area contributed by atoms with Crippen LogP contribution in [0.15, 0.2) is 0 Å². The summed E-state index contributed by atoms with van der Waals surface area (Å²) in [7, 11) is 0. The fourth-order valence-electron chi connectivity index (χ4n) is 2.64. The summed E-state index contributed by atoms with van der Waals surface area (Å²) in [5, 5.41) is 5.27. The van der Waals surface area contributed by atoms with Crippen molar-refractivity contribution >= 4 is 12.0 Å². The number of rotatable bonds is 6. The van der Waals surface area contributed by atoms with E-state index in [-0.39, 0.29) is 12.6 Å². The van der Waals surface area contributed by atoms with Crippen LogP contribution in [0.3, 0.4) is 0 Å². The topological polar surface area (TPSA) is 67.4 Å². The molecule has 0 aliphatic heterocycles. The molecule has 1 rings (SSSR count). The first kappa shape index (κ1) is 15.8. The van der Waals surface area contributed by atoms with E-state index in [1.54, 1.807) is 6.92 Å². The minimum Gasteiger partial charge on any atom is -0.465 e. The minimum absolute atomic E-state index is 0.0693. The third-order valence-corrected chi connectivity index (χ3v) is 3.58. The van der Waals surface area contributed by atoms with Crippen LogP contribution in [-0.4, -0.2) is 31.7 Å². The second kappa shape index (κ2) is 8.77. The van der Waals surface area contributed by atoms with Crippen LogP contribution in [-0.2, 0) is 9.53 Å². The van der Waals surface area contributed by atoms with Crippen molar-refractivity contribution in [3.05, 3.63) is 0 Å². The molecule has 0 aromatic carbocycles. The molecular formula is C14H26N2O3. The Kier molecular flexibility index (Phi) is 7.30. The van der Waals surface area contributed by atoms with Gasteiger partial charge in [0, 0.05) is 6.54 Å². The number of carbonyl (C=O) groups is 2. The Bertz CT molecular complexity index is 294. The maximum Gasteiger partial charge on any atom is 0.325 e. The van der Waals surface area contributed by atoms with Gasteiger partial charge in [0.05, 0.1) is 6.61 Å². The summed E-state index contributed by atoms with van der Waals surface area (Å²) in [6.07, 6.45) is 6.21. The molecule has 0 aromatic heterocycles. The van der Waals surface area contributed by atoms with E-state index >= 15 is 0 Å². The fraction of sp³-hybridized carbons (Fsp3) is 0.857. The van der Waals surface area contributed by atoms with Gasteiger partial charge < -0.3 is 15.4 Å². The molecule has 0 radical (unpaired) electrons. The number of hydrogen-bond acceptors (Lipinski definition) is 3. The Labute approximate surface area is 115 Å². The van der Waals surface area contributed by atoms with Gasteiger partial charge in [-0.15, -0.1) is 0 Å². The van der Waals surface area contributed by atoms with E-state index in [1.807, 2.05) is 0 Å². The lowest BCUT2D eigenvalue weighted by molar-refractivity contribution is -0.141. The number of urea groups is 1. The van der Waals surface area contributed by atoms with Crippen molar-refractivity contribution in [1.82, 2.24) is 10.6 Å². The van der Waals surface area contributed by atoms with Crippen LogP contribution in [0.5, 0.6) is 0 Å². The minimum atomic E-state index is -0.404. The molecule has 1 aliphatic rings. The molecule has 5 heteroatoms. The lowest BCUT2D eigenvalue weighted by Gasteiger charge is -2.26. The highest BCUT2D eigenvalue weighted by Gasteiger charge is 2.18. The van der Waals surface area contributed by atoms with Gasteiger partial charge in [0.1, 0.15) is 6.54 Å². The van der Waals surface area contributed by atoms with Crippen molar-refractivity contribution in [2.45, 2.75) is 46.0 Å². The van der Waals surface area contributed by atoms with E-state index in [2.05, 4.69) is 17.6 Å². The lowest BCUT2D eigenvalue weighted by Crippen LogP contribution is -2.39. The zero-order valence-electron chi connectivity index (χ0n) is 12.0. The second-order valence-corrected chi connectivity index (χ2v) is 5.34. The Hall–Kier alpha value is -1.26. The maximum atomic E-state index is 11.4. The molecule has 5 nitrogen and oxygen atoms in total. The van der Waals surface area contributed by atoms with E-state index in [0.717, 1.165) is 18.3 Å². The van der Waals surface area contributed by atoms with Crippen LogP contribution in [0.1, 0.15) is 46.0 Å². The summed E-state index contributed by atoms with van der Waals surface area (Å²) >= 11 is 0. The van der Waals surface area contributed by atoms with Crippen LogP contribution in [0, 0.1) is 11.8 Å². The summed E-state index contributed by atoms with van der Waals surface area (Å²) < 4.78 is 4.72. The molecule has 0 saturated heterocycles. The predicted octanol–water partition coefficient (Wildman–Crippen LogP) is 2.07. The Morgan fingerprint density at radius 3 is 2.74 bits per heavy atom. The van der Waals surface area contributed by atoms with Crippen molar-refractivity contribution in [1.29, 1.82) is 0 Å². The van der Waals surface area contributed by atoms with E-state index in [1.165, 1.54) is 25.7 Å². The molecule has 1 aliphatic carbocycles. The van der Waals surface area contributed by atoms with Crippen LogP contribution in [0.25, 0.3) is 0 Å². The smallest absolute Gasteiger partial charge is 0.325 e. The Balaban J connectivity index is 2.05. The number of esters is 1. The largest absolute Gasteiger partial charge is 0.465 e. The van der Waals surface area contributed by atoms with Gasteiger partial charge in [0.15, 0.2) is 0 Å². The second-order valence-electron chi connectivity index (χ2n) is 5.34. The zero-order valence-corrected chi connectivity index (χ0v) is 12.0. The fourth-order valence-corrected chi connectivity index (χ4v) is 2.64.